The summed E-state index contributed by atoms with van der Waals surface area (Å²) >= 11 is 0. The lowest BCUT2D eigenvalue weighted by atomic mass is 9.98. The minimum atomic E-state index is -1.29. The van der Waals surface area contributed by atoms with E-state index in [1.165, 1.54) is 7.11 Å². The number of aldehydes is 1. The molecule has 0 bridgehead atoms. The fraction of sp³-hybridized carbons (Fsp3) is 0.857. The number of carbonyl (C=O) groups excluding carboxylic acids is 1. The van der Waals surface area contributed by atoms with Crippen molar-refractivity contribution in [2.45, 2.75) is 30.6 Å². The summed E-state index contributed by atoms with van der Waals surface area (Å²) in [5.74, 6) is 0. The molecular formula is C7H13NO5. The van der Waals surface area contributed by atoms with Crippen molar-refractivity contribution in [3.63, 3.8) is 0 Å². The molecule has 1 rings (SSSR count). The first kappa shape index (κ1) is 10.6. The number of aliphatic hydroxyl groups is 2. The number of carbonyl (C=O) groups is 1. The molecule has 1 heterocycles. The SMILES string of the molecule is COC1OC(C=O)C(O)C(O)C1N. The van der Waals surface area contributed by atoms with Crippen LogP contribution < -0.4 is 5.73 Å². The predicted molar refractivity (Wildman–Crippen MR) is 41.7 cm³/mol. The molecule has 4 N–H and O–H groups in total. The van der Waals surface area contributed by atoms with Gasteiger partial charge in [-0.25, -0.2) is 0 Å². The van der Waals surface area contributed by atoms with E-state index in [2.05, 4.69) is 0 Å². The van der Waals surface area contributed by atoms with E-state index in [0.717, 1.165) is 0 Å². The molecule has 1 fully saturated rings. The molecule has 0 radical (unpaired) electrons. The highest BCUT2D eigenvalue weighted by Crippen LogP contribution is 2.18. The minimum absolute atomic E-state index is 0.409. The van der Waals surface area contributed by atoms with Gasteiger partial charge in [0.05, 0.1) is 6.04 Å². The number of ether oxygens (including phenoxy) is 2. The van der Waals surface area contributed by atoms with Gasteiger partial charge in [-0.3, -0.25) is 0 Å². The third-order valence-electron chi connectivity index (χ3n) is 2.05. The number of rotatable bonds is 2. The molecule has 5 unspecified atom stereocenters. The summed E-state index contributed by atoms with van der Waals surface area (Å²) in [5, 5.41) is 18.6. The maximum absolute atomic E-state index is 10.4. The van der Waals surface area contributed by atoms with Crippen LogP contribution in [-0.4, -0.2) is 54.3 Å². The van der Waals surface area contributed by atoms with E-state index in [1.54, 1.807) is 0 Å². The van der Waals surface area contributed by atoms with E-state index in [9.17, 15) is 15.0 Å². The lowest BCUT2D eigenvalue weighted by Crippen LogP contribution is -2.61. The van der Waals surface area contributed by atoms with Crippen LogP contribution in [-0.2, 0) is 14.3 Å². The van der Waals surface area contributed by atoms with Crippen LogP contribution in [0.1, 0.15) is 0 Å². The van der Waals surface area contributed by atoms with Gasteiger partial charge < -0.3 is 30.2 Å². The molecule has 13 heavy (non-hydrogen) atoms. The molecular weight excluding hydrogens is 178 g/mol. The maximum atomic E-state index is 10.4. The number of aliphatic hydroxyl groups excluding tert-OH is 2. The summed E-state index contributed by atoms with van der Waals surface area (Å²) in [4.78, 5) is 10.4. The summed E-state index contributed by atoms with van der Waals surface area (Å²) in [6.45, 7) is 0. The van der Waals surface area contributed by atoms with Crippen LogP contribution in [0.3, 0.4) is 0 Å². The smallest absolute Gasteiger partial charge is 0.175 e. The second-order valence-corrected chi connectivity index (χ2v) is 2.90. The van der Waals surface area contributed by atoms with E-state index in [4.69, 9.17) is 15.2 Å². The maximum Gasteiger partial charge on any atom is 0.175 e. The van der Waals surface area contributed by atoms with Crippen molar-refractivity contribution < 1.29 is 24.5 Å². The average Bonchev–Trinajstić information content (AvgIpc) is 2.15. The van der Waals surface area contributed by atoms with Crippen molar-refractivity contribution in [1.82, 2.24) is 0 Å². The zero-order valence-electron chi connectivity index (χ0n) is 7.16. The second-order valence-electron chi connectivity index (χ2n) is 2.90. The number of hydrogen-bond acceptors (Lipinski definition) is 6. The lowest BCUT2D eigenvalue weighted by Gasteiger charge is -2.38. The van der Waals surface area contributed by atoms with Crippen molar-refractivity contribution in [3.05, 3.63) is 0 Å². The Hall–Kier alpha value is -0.530. The van der Waals surface area contributed by atoms with Crippen molar-refractivity contribution in [2.75, 3.05) is 7.11 Å². The topological polar surface area (TPSA) is 102 Å². The summed E-state index contributed by atoms with van der Waals surface area (Å²) in [6, 6.07) is -0.851. The average molecular weight is 191 g/mol. The van der Waals surface area contributed by atoms with Gasteiger partial charge in [0, 0.05) is 7.11 Å². The van der Waals surface area contributed by atoms with Crippen LogP contribution in [0.2, 0.25) is 0 Å². The highest BCUT2D eigenvalue weighted by molar-refractivity contribution is 5.57. The van der Waals surface area contributed by atoms with Gasteiger partial charge in [-0.2, -0.15) is 0 Å². The van der Waals surface area contributed by atoms with Crippen LogP contribution in [0, 0.1) is 0 Å². The quantitative estimate of drug-likeness (QED) is 0.421. The van der Waals surface area contributed by atoms with Gasteiger partial charge in [0.25, 0.3) is 0 Å². The molecule has 1 aliphatic heterocycles. The molecule has 0 amide bonds. The first-order valence-corrected chi connectivity index (χ1v) is 3.87. The van der Waals surface area contributed by atoms with Gasteiger partial charge >= 0.3 is 0 Å². The van der Waals surface area contributed by atoms with Crippen molar-refractivity contribution in [3.8, 4) is 0 Å². The normalized spacial score (nSPS) is 46.0. The minimum Gasteiger partial charge on any atom is -0.388 e. The highest BCUT2D eigenvalue weighted by Gasteiger charge is 2.42. The van der Waals surface area contributed by atoms with E-state index in [0.29, 0.717) is 6.29 Å². The molecule has 1 aliphatic rings. The standard InChI is InChI=1S/C7H13NO5/c1-12-7-4(8)6(11)5(10)3(2-9)13-7/h2-7,10-11H,8H2,1H3. The first-order chi connectivity index (χ1) is 6.11. The van der Waals surface area contributed by atoms with Crippen molar-refractivity contribution in [2.24, 2.45) is 5.73 Å². The Labute approximate surface area is 75.2 Å². The largest absolute Gasteiger partial charge is 0.388 e. The third-order valence-corrected chi connectivity index (χ3v) is 2.05. The van der Waals surface area contributed by atoms with Crippen LogP contribution >= 0.6 is 0 Å². The fourth-order valence-electron chi connectivity index (χ4n) is 1.23. The summed E-state index contributed by atoms with van der Waals surface area (Å²) in [7, 11) is 1.34. The monoisotopic (exact) mass is 191 g/mol. The Morgan fingerprint density at radius 2 is 2.08 bits per heavy atom. The van der Waals surface area contributed by atoms with Crippen LogP contribution in [0.5, 0.6) is 0 Å². The highest BCUT2D eigenvalue weighted by atomic mass is 16.7. The van der Waals surface area contributed by atoms with E-state index in [1.807, 2.05) is 0 Å². The van der Waals surface area contributed by atoms with Gasteiger partial charge in [0.15, 0.2) is 12.6 Å². The van der Waals surface area contributed by atoms with Crippen LogP contribution in [0.4, 0.5) is 0 Å². The first-order valence-electron chi connectivity index (χ1n) is 3.87. The van der Waals surface area contributed by atoms with E-state index < -0.39 is 30.6 Å². The lowest BCUT2D eigenvalue weighted by molar-refractivity contribution is -0.242. The van der Waals surface area contributed by atoms with Gasteiger partial charge in [0.1, 0.15) is 18.3 Å². The number of nitrogens with two attached hydrogens (primary N) is 1. The third kappa shape index (κ3) is 1.87. The zero-order valence-corrected chi connectivity index (χ0v) is 7.16. The zero-order chi connectivity index (χ0) is 10.0. The van der Waals surface area contributed by atoms with Gasteiger partial charge in [0.2, 0.25) is 0 Å². The molecule has 76 valence electrons. The molecule has 0 aliphatic carbocycles. The van der Waals surface area contributed by atoms with Crippen LogP contribution in [0.15, 0.2) is 0 Å². The molecule has 0 aromatic rings. The number of hydrogen-bond donors (Lipinski definition) is 3. The molecule has 1 saturated heterocycles. The molecule has 5 atom stereocenters. The van der Waals surface area contributed by atoms with Gasteiger partial charge in [-0.1, -0.05) is 0 Å². The Bertz CT molecular complexity index is 186. The molecule has 6 heteroatoms. The molecule has 6 nitrogen and oxygen atoms in total. The fourth-order valence-corrected chi connectivity index (χ4v) is 1.23. The Morgan fingerprint density at radius 1 is 1.46 bits per heavy atom. The number of methoxy groups -OCH3 is 1. The van der Waals surface area contributed by atoms with Crippen molar-refractivity contribution in [1.29, 1.82) is 0 Å². The van der Waals surface area contributed by atoms with Crippen molar-refractivity contribution >= 4 is 6.29 Å². The summed E-state index contributed by atoms with van der Waals surface area (Å²) in [6.07, 6.45) is -4.05. The Morgan fingerprint density at radius 3 is 2.54 bits per heavy atom. The summed E-state index contributed by atoms with van der Waals surface area (Å²) < 4.78 is 9.73. The summed E-state index contributed by atoms with van der Waals surface area (Å²) in [5.41, 5.74) is 5.46. The van der Waals surface area contributed by atoms with E-state index >= 15 is 0 Å². The van der Waals surface area contributed by atoms with Gasteiger partial charge in [-0.05, 0) is 0 Å². The molecule has 0 aromatic heterocycles. The Balaban J connectivity index is 2.71. The van der Waals surface area contributed by atoms with Crippen LogP contribution in [0.25, 0.3) is 0 Å². The predicted octanol–water partition coefficient (Wildman–Crippen LogP) is -2.39. The molecule has 0 spiro atoms. The molecule has 0 saturated carbocycles. The van der Waals surface area contributed by atoms with E-state index in [-0.39, 0.29) is 0 Å². The Kier molecular flexibility index (Phi) is 3.34. The van der Waals surface area contributed by atoms with Gasteiger partial charge in [-0.15, -0.1) is 0 Å². The molecule has 0 aromatic carbocycles. The second kappa shape index (κ2) is 4.12.